The van der Waals surface area contributed by atoms with Crippen LogP contribution in [-0.4, -0.2) is 19.6 Å². The van der Waals surface area contributed by atoms with E-state index in [9.17, 15) is 26.3 Å². The van der Waals surface area contributed by atoms with Crippen molar-refractivity contribution >= 4 is 0 Å². The topological polar surface area (TPSA) is 24.1 Å². The van der Waals surface area contributed by atoms with Crippen molar-refractivity contribution in [2.75, 3.05) is 19.6 Å². The van der Waals surface area contributed by atoms with Crippen molar-refractivity contribution in [2.24, 2.45) is 0 Å². The Kier molecular flexibility index (Phi) is 3.97. The number of hydrogen-bond acceptors (Lipinski definition) is 2. The predicted molar refractivity (Wildman–Crippen MR) is 60.1 cm³/mol. The Morgan fingerprint density at radius 2 is 1.65 bits per heavy atom. The summed E-state index contributed by atoms with van der Waals surface area (Å²) < 4.78 is 76.6. The monoisotopic (exact) mass is 298 g/mol. The summed E-state index contributed by atoms with van der Waals surface area (Å²) in [5.41, 5.74) is -2.49. The third kappa shape index (κ3) is 3.24. The number of rotatable bonds is 1. The second kappa shape index (κ2) is 5.25. The van der Waals surface area contributed by atoms with Crippen LogP contribution in [0.3, 0.4) is 0 Å². The van der Waals surface area contributed by atoms with Crippen molar-refractivity contribution in [3.8, 4) is 0 Å². The van der Waals surface area contributed by atoms with Crippen LogP contribution in [0.25, 0.3) is 0 Å². The molecule has 20 heavy (non-hydrogen) atoms. The lowest BCUT2D eigenvalue weighted by Gasteiger charge is -2.28. The van der Waals surface area contributed by atoms with Gasteiger partial charge in [0.05, 0.1) is 11.1 Å². The molecule has 1 fully saturated rings. The van der Waals surface area contributed by atoms with Gasteiger partial charge in [-0.2, -0.15) is 26.3 Å². The van der Waals surface area contributed by atoms with Crippen LogP contribution in [0.4, 0.5) is 26.3 Å². The van der Waals surface area contributed by atoms with Gasteiger partial charge in [-0.1, -0.05) is 0 Å². The second-order valence-electron chi connectivity index (χ2n) is 4.51. The molecule has 112 valence electrons. The zero-order chi connectivity index (χ0) is 15.0. The number of benzene rings is 1. The Morgan fingerprint density at radius 3 is 2.15 bits per heavy atom. The predicted octanol–water partition coefficient (Wildman–Crippen LogP) is 2.96. The molecule has 2 rings (SSSR count). The van der Waals surface area contributed by atoms with E-state index in [1.165, 1.54) is 0 Å². The number of piperazine rings is 1. The van der Waals surface area contributed by atoms with Crippen LogP contribution < -0.4 is 10.6 Å². The SMILES string of the molecule is FC(F)(F)c1ccc(C(F)(F)F)c([C@@H]2CNCCN2)c1. The summed E-state index contributed by atoms with van der Waals surface area (Å²) in [6, 6.07) is 0.743. The number of nitrogens with one attached hydrogen (secondary N) is 2. The maximum absolute atomic E-state index is 12.9. The van der Waals surface area contributed by atoms with Crippen molar-refractivity contribution < 1.29 is 26.3 Å². The van der Waals surface area contributed by atoms with Crippen LogP contribution >= 0.6 is 0 Å². The molecule has 1 aliphatic rings. The highest BCUT2D eigenvalue weighted by molar-refractivity contribution is 5.38. The van der Waals surface area contributed by atoms with E-state index in [0.29, 0.717) is 31.3 Å². The van der Waals surface area contributed by atoms with Gasteiger partial charge in [-0.15, -0.1) is 0 Å². The van der Waals surface area contributed by atoms with Crippen molar-refractivity contribution in [3.63, 3.8) is 0 Å². The summed E-state index contributed by atoms with van der Waals surface area (Å²) in [7, 11) is 0. The van der Waals surface area contributed by atoms with Gasteiger partial charge in [0.15, 0.2) is 0 Å². The van der Waals surface area contributed by atoms with E-state index in [0.717, 1.165) is 0 Å². The highest BCUT2D eigenvalue weighted by Gasteiger charge is 2.38. The Balaban J connectivity index is 2.48. The Hall–Kier alpha value is -1.28. The molecular weight excluding hydrogens is 286 g/mol. The smallest absolute Gasteiger partial charge is 0.314 e. The first kappa shape index (κ1) is 15.1. The average molecular weight is 298 g/mol. The normalized spacial score (nSPS) is 21.0. The first-order chi connectivity index (χ1) is 9.19. The van der Waals surface area contributed by atoms with Crippen LogP contribution in [0.2, 0.25) is 0 Å². The largest absolute Gasteiger partial charge is 0.416 e. The number of alkyl halides is 6. The van der Waals surface area contributed by atoms with Gasteiger partial charge in [-0.3, -0.25) is 0 Å². The molecule has 0 radical (unpaired) electrons. The van der Waals surface area contributed by atoms with Gasteiger partial charge in [0.1, 0.15) is 0 Å². The lowest BCUT2D eigenvalue weighted by molar-refractivity contribution is -0.142. The summed E-state index contributed by atoms with van der Waals surface area (Å²) in [4.78, 5) is 0. The minimum atomic E-state index is -4.68. The maximum Gasteiger partial charge on any atom is 0.416 e. The molecule has 0 saturated carbocycles. The third-order valence-electron chi connectivity index (χ3n) is 3.10. The van der Waals surface area contributed by atoms with Gasteiger partial charge in [-0.05, 0) is 23.8 Å². The third-order valence-corrected chi connectivity index (χ3v) is 3.10. The molecule has 8 heteroatoms. The Morgan fingerprint density at radius 1 is 0.950 bits per heavy atom. The molecule has 0 bridgehead atoms. The van der Waals surface area contributed by atoms with Crippen LogP contribution in [0.5, 0.6) is 0 Å². The van der Waals surface area contributed by atoms with E-state index in [4.69, 9.17) is 0 Å². The van der Waals surface area contributed by atoms with Crippen LogP contribution in [-0.2, 0) is 12.4 Å². The Bertz CT molecular complexity index is 474. The van der Waals surface area contributed by atoms with E-state index < -0.39 is 29.5 Å². The quantitative estimate of drug-likeness (QED) is 0.779. The van der Waals surface area contributed by atoms with E-state index in [1.54, 1.807) is 0 Å². The molecule has 2 N–H and O–H groups in total. The first-order valence-electron chi connectivity index (χ1n) is 5.92. The lowest BCUT2D eigenvalue weighted by Crippen LogP contribution is -2.43. The number of halogens is 6. The molecule has 1 saturated heterocycles. The first-order valence-corrected chi connectivity index (χ1v) is 5.92. The molecule has 1 aromatic rings. The fourth-order valence-electron chi connectivity index (χ4n) is 2.16. The molecule has 1 heterocycles. The zero-order valence-electron chi connectivity index (χ0n) is 10.2. The Labute approximate surface area is 111 Å². The molecule has 0 amide bonds. The van der Waals surface area contributed by atoms with E-state index in [1.807, 2.05) is 0 Å². The van der Waals surface area contributed by atoms with Crippen molar-refractivity contribution in [3.05, 3.63) is 34.9 Å². The molecule has 1 atom stereocenters. The molecule has 2 nitrogen and oxygen atoms in total. The van der Waals surface area contributed by atoms with Gasteiger partial charge in [0.2, 0.25) is 0 Å². The van der Waals surface area contributed by atoms with Crippen LogP contribution in [0, 0.1) is 0 Å². The minimum Gasteiger partial charge on any atom is -0.314 e. The zero-order valence-corrected chi connectivity index (χ0v) is 10.2. The van der Waals surface area contributed by atoms with E-state index in [-0.39, 0.29) is 12.1 Å². The second-order valence-corrected chi connectivity index (χ2v) is 4.51. The fraction of sp³-hybridized carbons (Fsp3) is 0.500. The highest BCUT2D eigenvalue weighted by atomic mass is 19.4. The molecular formula is C12H12F6N2. The van der Waals surface area contributed by atoms with Gasteiger partial charge in [-0.25, -0.2) is 0 Å². The lowest BCUT2D eigenvalue weighted by atomic mass is 9.96. The molecule has 1 aromatic carbocycles. The van der Waals surface area contributed by atoms with Gasteiger partial charge in [0, 0.05) is 25.7 Å². The highest BCUT2D eigenvalue weighted by Crippen LogP contribution is 2.38. The molecule has 0 aromatic heterocycles. The fourth-order valence-corrected chi connectivity index (χ4v) is 2.16. The van der Waals surface area contributed by atoms with Gasteiger partial charge < -0.3 is 10.6 Å². The summed E-state index contributed by atoms with van der Waals surface area (Å²) in [6.07, 6.45) is -9.35. The van der Waals surface area contributed by atoms with Crippen molar-refractivity contribution in [1.82, 2.24) is 10.6 Å². The standard InChI is InChI=1S/C12H12F6N2/c13-11(14,15)7-1-2-9(12(16,17)18)8(5-7)10-6-19-3-4-20-10/h1-2,5,10,19-20H,3-4,6H2/t10-/m0/s1. The minimum absolute atomic E-state index is 0.157. The summed E-state index contributed by atoms with van der Waals surface area (Å²) >= 11 is 0. The van der Waals surface area contributed by atoms with Crippen molar-refractivity contribution in [2.45, 2.75) is 18.4 Å². The summed E-state index contributed by atoms with van der Waals surface area (Å²) in [5, 5.41) is 5.66. The molecule has 0 aliphatic carbocycles. The molecule has 0 spiro atoms. The maximum atomic E-state index is 12.9. The van der Waals surface area contributed by atoms with Gasteiger partial charge in [0.25, 0.3) is 0 Å². The summed E-state index contributed by atoms with van der Waals surface area (Å²) in [6.45, 7) is 1.12. The van der Waals surface area contributed by atoms with Crippen molar-refractivity contribution in [1.29, 1.82) is 0 Å². The van der Waals surface area contributed by atoms with Gasteiger partial charge >= 0.3 is 12.4 Å². The van der Waals surface area contributed by atoms with Crippen LogP contribution in [0.1, 0.15) is 22.7 Å². The molecule has 1 aliphatic heterocycles. The van der Waals surface area contributed by atoms with E-state index in [2.05, 4.69) is 10.6 Å². The van der Waals surface area contributed by atoms with E-state index >= 15 is 0 Å². The van der Waals surface area contributed by atoms with Crippen LogP contribution in [0.15, 0.2) is 18.2 Å². The average Bonchev–Trinajstić information content (AvgIpc) is 2.37. The number of hydrogen-bond donors (Lipinski definition) is 2. The molecule has 0 unspecified atom stereocenters. The summed E-state index contributed by atoms with van der Waals surface area (Å²) in [5.74, 6) is 0.